The lowest BCUT2D eigenvalue weighted by Crippen LogP contribution is -2.20. The van der Waals surface area contributed by atoms with Gasteiger partial charge in [0, 0.05) is 5.41 Å². The van der Waals surface area contributed by atoms with E-state index in [0.29, 0.717) is 0 Å². The molecule has 4 aromatic rings. The highest BCUT2D eigenvalue weighted by molar-refractivity contribution is 5.88. The molecule has 0 atom stereocenters. The van der Waals surface area contributed by atoms with Crippen molar-refractivity contribution in [3.63, 3.8) is 0 Å². The summed E-state index contributed by atoms with van der Waals surface area (Å²) in [5.74, 6) is 0. The normalized spacial score (nSPS) is 15.6. The van der Waals surface area contributed by atoms with Crippen molar-refractivity contribution in [1.82, 2.24) is 0 Å². The van der Waals surface area contributed by atoms with Crippen LogP contribution in [0, 0.1) is 22.7 Å². The van der Waals surface area contributed by atoms with Gasteiger partial charge in [0.05, 0.1) is 12.1 Å². The summed E-state index contributed by atoms with van der Waals surface area (Å²) in [6.45, 7) is 4.55. The number of hydrogen-bond donors (Lipinski definition) is 0. The third-order valence-electron chi connectivity index (χ3n) is 7.30. The second-order valence-corrected chi connectivity index (χ2v) is 9.21. The molecule has 0 radical (unpaired) electrons. The molecule has 2 nitrogen and oxygen atoms in total. The molecule has 0 amide bonds. The van der Waals surface area contributed by atoms with Crippen LogP contribution < -0.4 is 0 Å². The minimum Gasteiger partial charge on any atom is -0.196 e. The number of nitriles is 2. The van der Waals surface area contributed by atoms with Gasteiger partial charge in [-0.05, 0) is 67.8 Å². The summed E-state index contributed by atoms with van der Waals surface area (Å²) in [6, 6.07) is 33.9. The lowest BCUT2D eigenvalue weighted by molar-refractivity contribution is 0.660. The fourth-order valence-corrected chi connectivity index (χ4v) is 5.61. The molecule has 0 aliphatic heterocycles. The van der Waals surface area contributed by atoms with Crippen molar-refractivity contribution >= 4 is 0 Å². The molecule has 4 aromatic carbocycles. The van der Waals surface area contributed by atoms with Crippen LogP contribution in [0.15, 0.2) is 84.9 Å². The Morgan fingerprint density at radius 1 is 0.531 bits per heavy atom. The van der Waals surface area contributed by atoms with Gasteiger partial charge in [-0.15, -0.1) is 0 Å². The monoisotopic (exact) mass is 408 g/mol. The predicted molar refractivity (Wildman–Crippen MR) is 127 cm³/mol. The van der Waals surface area contributed by atoms with Crippen LogP contribution in [0.25, 0.3) is 33.4 Å². The SMILES string of the molecule is CC1(C)c2ccccc2-c2ccc(-c3ccc4c(c3)C(C#N)(C#N)c3ccccc3-4)cc21. The second kappa shape index (κ2) is 6.19. The minimum atomic E-state index is -1.27. The van der Waals surface area contributed by atoms with Gasteiger partial charge in [-0.2, -0.15) is 10.5 Å². The van der Waals surface area contributed by atoms with Crippen molar-refractivity contribution in [3.8, 4) is 45.5 Å². The average molecular weight is 409 g/mol. The first-order chi connectivity index (χ1) is 15.5. The van der Waals surface area contributed by atoms with Crippen LogP contribution in [-0.4, -0.2) is 0 Å². The second-order valence-electron chi connectivity index (χ2n) is 9.21. The smallest absolute Gasteiger partial charge is 0.194 e. The lowest BCUT2D eigenvalue weighted by Gasteiger charge is -2.22. The first-order valence-electron chi connectivity index (χ1n) is 10.8. The van der Waals surface area contributed by atoms with E-state index in [1.54, 1.807) is 0 Å². The molecule has 0 heterocycles. The Labute approximate surface area is 188 Å². The van der Waals surface area contributed by atoms with E-state index in [4.69, 9.17) is 0 Å². The van der Waals surface area contributed by atoms with Crippen molar-refractivity contribution in [2.45, 2.75) is 24.7 Å². The quantitative estimate of drug-likeness (QED) is 0.341. The van der Waals surface area contributed by atoms with E-state index in [9.17, 15) is 10.5 Å². The maximum absolute atomic E-state index is 10.1. The third-order valence-corrected chi connectivity index (χ3v) is 7.30. The molecule has 0 unspecified atom stereocenters. The molecule has 0 N–H and O–H groups in total. The molecule has 0 aromatic heterocycles. The molecule has 2 aliphatic carbocycles. The molecule has 0 fully saturated rings. The van der Waals surface area contributed by atoms with E-state index in [-0.39, 0.29) is 5.41 Å². The van der Waals surface area contributed by atoms with Gasteiger partial charge in [-0.1, -0.05) is 86.6 Å². The summed E-state index contributed by atoms with van der Waals surface area (Å²) in [4.78, 5) is 0. The fraction of sp³-hybridized carbons (Fsp3) is 0.133. The van der Waals surface area contributed by atoms with Crippen LogP contribution in [-0.2, 0) is 10.8 Å². The van der Waals surface area contributed by atoms with Crippen molar-refractivity contribution in [1.29, 1.82) is 10.5 Å². The van der Waals surface area contributed by atoms with Crippen LogP contribution >= 0.6 is 0 Å². The molecular formula is C30H20N2. The van der Waals surface area contributed by atoms with Gasteiger partial charge in [-0.3, -0.25) is 0 Å². The molecular weight excluding hydrogens is 388 g/mol. The van der Waals surface area contributed by atoms with Crippen LogP contribution in [0.2, 0.25) is 0 Å². The summed E-state index contributed by atoms with van der Waals surface area (Å²) in [5.41, 5.74) is 9.55. The van der Waals surface area contributed by atoms with Gasteiger partial charge in [0.2, 0.25) is 0 Å². The number of benzene rings is 4. The van der Waals surface area contributed by atoms with Gasteiger partial charge in [-0.25, -0.2) is 0 Å². The summed E-state index contributed by atoms with van der Waals surface area (Å²) in [7, 11) is 0. The third kappa shape index (κ3) is 2.17. The largest absolute Gasteiger partial charge is 0.196 e. The highest BCUT2D eigenvalue weighted by Crippen LogP contribution is 2.51. The van der Waals surface area contributed by atoms with E-state index in [0.717, 1.165) is 33.4 Å². The maximum Gasteiger partial charge on any atom is 0.194 e. The van der Waals surface area contributed by atoms with Gasteiger partial charge in [0.25, 0.3) is 0 Å². The van der Waals surface area contributed by atoms with E-state index < -0.39 is 5.41 Å². The topological polar surface area (TPSA) is 47.6 Å². The lowest BCUT2D eigenvalue weighted by atomic mass is 9.79. The predicted octanol–water partition coefficient (Wildman–Crippen LogP) is 6.97. The molecule has 0 spiro atoms. The van der Waals surface area contributed by atoms with Gasteiger partial charge in [0.1, 0.15) is 0 Å². The van der Waals surface area contributed by atoms with E-state index >= 15 is 0 Å². The van der Waals surface area contributed by atoms with E-state index in [1.807, 2.05) is 30.3 Å². The molecule has 0 saturated carbocycles. The number of hydrogen-bond acceptors (Lipinski definition) is 2. The Balaban J connectivity index is 1.54. The van der Waals surface area contributed by atoms with Crippen LogP contribution in [0.1, 0.15) is 36.1 Å². The summed E-state index contributed by atoms with van der Waals surface area (Å²) >= 11 is 0. The average Bonchev–Trinajstić information content (AvgIpc) is 3.25. The van der Waals surface area contributed by atoms with Crippen LogP contribution in [0.4, 0.5) is 0 Å². The van der Waals surface area contributed by atoms with E-state index in [2.05, 4.69) is 80.6 Å². The number of rotatable bonds is 1. The van der Waals surface area contributed by atoms with Gasteiger partial charge < -0.3 is 0 Å². The van der Waals surface area contributed by atoms with Crippen molar-refractivity contribution in [3.05, 3.63) is 107 Å². The summed E-state index contributed by atoms with van der Waals surface area (Å²) in [5, 5.41) is 20.2. The Bertz CT molecular complexity index is 1510. The minimum absolute atomic E-state index is 0.0715. The first-order valence-corrected chi connectivity index (χ1v) is 10.8. The summed E-state index contributed by atoms with van der Waals surface area (Å²) in [6.07, 6.45) is 0. The van der Waals surface area contributed by atoms with Crippen molar-refractivity contribution in [2.24, 2.45) is 0 Å². The fourth-order valence-electron chi connectivity index (χ4n) is 5.61. The zero-order valence-electron chi connectivity index (χ0n) is 18.0. The molecule has 150 valence electrons. The first kappa shape index (κ1) is 18.6. The van der Waals surface area contributed by atoms with Gasteiger partial charge in [0.15, 0.2) is 5.41 Å². The summed E-state index contributed by atoms with van der Waals surface area (Å²) < 4.78 is 0. The Hall–Kier alpha value is -4.14. The molecule has 0 saturated heterocycles. The molecule has 32 heavy (non-hydrogen) atoms. The molecule has 2 aliphatic rings. The zero-order valence-corrected chi connectivity index (χ0v) is 18.0. The van der Waals surface area contributed by atoms with Gasteiger partial charge >= 0.3 is 0 Å². The zero-order chi connectivity index (χ0) is 22.1. The highest BCUT2D eigenvalue weighted by atomic mass is 14.5. The maximum atomic E-state index is 10.1. The molecule has 6 rings (SSSR count). The molecule has 0 bridgehead atoms. The Kier molecular flexibility index (Phi) is 3.60. The van der Waals surface area contributed by atoms with Crippen LogP contribution in [0.3, 0.4) is 0 Å². The Morgan fingerprint density at radius 2 is 1.00 bits per heavy atom. The van der Waals surface area contributed by atoms with Crippen molar-refractivity contribution in [2.75, 3.05) is 0 Å². The van der Waals surface area contributed by atoms with Crippen LogP contribution in [0.5, 0.6) is 0 Å². The van der Waals surface area contributed by atoms with E-state index in [1.165, 1.54) is 22.3 Å². The molecule has 2 heteroatoms. The Morgan fingerprint density at radius 3 is 1.62 bits per heavy atom. The standard InChI is InChI=1S/C30H20N2/c1-29(2)25-9-5-3-7-21(25)23-13-11-19(15-27(23)29)20-12-14-24-22-8-4-6-10-26(22)30(17-31,18-32)28(24)16-20/h3-16H,1-2H3. The highest BCUT2D eigenvalue weighted by Gasteiger charge is 2.44. The van der Waals surface area contributed by atoms with Crippen molar-refractivity contribution < 1.29 is 0 Å². The number of fused-ring (bicyclic) bond motifs is 6. The number of nitrogens with zero attached hydrogens (tertiary/aromatic N) is 2.